The van der Waals surface area contributed by atoms with Gasteiger partial charge in [-0.3, -0.25) is 4.79 Å². The highest BCUT2D eigenvalue weighted by Gasteiger charge is 2.34. The number of ether oxygens (including phenoxy) is 1. The van der Waals surface area contributed by atoms with Crippen LogP contribution >= 0.6 is 0 Å². The number of rotatable bonds is 2. The molecule has 1 atom stereocenters. The fraction of sp³-hybridized carbons (Fsp3) is 0.750. The number of carbonyl (C=O) groups excluding carboxylic acids is 2. The maximum absolute atomic E-state index is 11.1. The molecule has 0 aromatic rings. The van der Waals surface area contributed by atoms with E-state index in [1.807, 2.05) is 0 Å². The Morgan fingerprint density at radius 1 is 1.54 bits per heavy atom. The molecule has 0 aromatic heterocycles. The normalized spacial score (nSPS) is 21.7. The zero-order chi connectivity index (χ0) is 9.84. The van der Waals surface area contributed by atoms with Crippen molar-refractivity contribution in [2.75, 3.05) is 20.3 Å². The Kier molecular flexibility index (Phi) is 3.25. The number of esters is 1. The summed E-state index contributed by atoms with van der Waals surface area (Å²) in [5.74, 6) is -0.952. The van der Waals surface area contributed by atoms with Crippen molar-refractivity contribution in [1.29, 1.82) is 0 Å². The number of hydrogen-bond donors (Lipinski definition) is 0. The third kappa shape index (κ3) is 1.98. The first-order valence-corrected chi connectivity index (χ1v) is 4.16. The van der Waals surface area contributed by atoms with E-state index in [1.54, 1.807) is 0 Å². The quantitative estimate of drug-likeness (QED) is 0.550. The lowest BCUT2D eigenvalue weighted by atomic mass is 10.2. The largest absolute Gasteiger partial charge is 0.467 e. The van der Waals surface area contributed by atoms with Crippen LogP contribution in [0, 0.1) is 0 Å². The van der Waals surface area contributed by atoms with Gasteiger partial charge in [0.15, 0.2) is 6.61 Å². The summed E-state index contributed by atoms with van der Waals surface area (Å²) in [4.78, 5) is 23.5. The van der Waals surface area contributed by atoms with E-state index in [4.69, 9.17) is 0 Å². The third-order valence-corrected chi connectivity index (χ3v) is 2.17. The number of nitrogens with zero attached hydrogens (tertiary/aromatic N) is 1. The smallest absolute Gasteiger partial charge is 0.328 e. The van der Waals surface area contributed by atoms with Gasteiger partial charge in [-0.1, -0.05) is 0 Å². The molecule has 5 heteroatoms. The Hall–Kier alpha value is -1.10. The van der Waals surface area contributed by atoms with Crippen molar-refractivity contribution in [3.8, 4) is 0 Å². The second-order valence-corrected chi connectivity index (χ2v) is 2.91. The molecule has 1 unspecified atom stereocenters. The molecule has 0 bridgehead atoms. The van der Waals surface area contributed by atoms with Crippen LogP contribution in [0.15, 0.2) is 0 Å². The number of methoxy groups -OCH3 is 1. The van der Waals surface area contributed by atoms with Gasteiger partial charge in [0.2, 0.25) is 0 Å². The fourth-order valence-corrected chi connectivity index (χ4v) is 1.53. The second kappa shape index (κ2) is 4.23. The summed E-state index contributed by atoms with van der Waals surface area (Å²) < 4.78 is 4.52. The van der Waals surface area contributed by atoms with Gasteiger partial charge in [0, 0.05) is 6.54 Å². The minimum atomic E-state index is -0.798. The zero-order valence-electron chi connectivity index (χ0n) is 7.49. The molecule has 5 nitrogen and oxygen atoms in total. The molecule has 0 N–H and O–H groups in total. The molecular formula is C8H12NO4. The molecule has 1 radical (unpaired) electrons. The highest BCUT2D eigenvalue weighted by atomic mass is 16.5. The number of amides is 1. The molecule has 0 saturated carbocycles. The van der Waals surface area contributed by atoms with Gasteiger partial charge in [-0.05, 0) is 12.8 Å². The molecule has 0 aromatic carbocycles. The standard InChI is InChI=1S/C8H12NO4/c1-13-8(12)6-3-2-4-9(6)7(11)5-10/h6H,2-5H2,1H3. The Morgan fingerprint density at radius 2 is 2.23 bits per heavy atom. The minimum Gasteiger partial charge on any atom is -0.467 e. The van der Waals surface area contributed by atoms with Crippen molar-refractivity contribution in [2.45, 2.75) is 18.9 Å². The summed E-state index contributed by atoms with van der Waals surface area (Å²) in [6.07, 6.45) is 1.35. The lowest BCUT2D eigenvalue weighted by Gasteiger charge is -2.20. The fourth-order valence-electron chi connectivity index (χ4n) is 1.53. The van der Waals surface area contributed by atoms with Crippen molar-refractivity contribution >= 4 is 11.9 Å². The molecule has 1 aliphatic rings. The van der Waals surface area contributed by atoms with Crippen molar-refractivity contribution < 1.29 is 19.4 Å². The Balaban J connectivity index is 2.63. The van der Waals surface area contributed by atoms with E-state index in [9.17, 15) is 14.7 Å². The molecule has 73 valence electrons. The minimum absolute atomic E-state index is 0.431. The van der Waals surface area contributed by atoms with Gasteiger partial charge in [0.25, 0.3) is 5.91 Å². The average Bonchev–Trinajstić information content (AvgIpc) is 2.63. The van der Waals surface area contributed by atoms with Crippen LogP contribution in [0.3, 0.4) is 0 Å². The second-order valence-electron chi connectivity index (χ2n) is 2.91. The number of hydrogen-bond acceptors (Lipinski definition) is 3. The SMILES string of the molecule is COC(=O)C1CCCN1C(=O)C[O]. The first-order valence-electron chi connectivity index (χ1n) is 4.16. The monoisotopic (exact) mass is 186 g/mol. The van der Waals surface area contributed by atoms with E-state index in [0.29, 0.717) is 13.0 Å². The summed E-state index contributed by atoms with van der Waals surface area (Å²) in [6, 6.07) is -0.536. The van der Waals surface area contributed by atoms with E-state index >= 15 is 0 Å². The van der Waals surface area contributed by atoms with Crippen LogP contribution < -0.4 is 0 Å². The van der Waals surface area contributed by atoms with Gasteiger partial charge in [-0.2, -0.15) is 0 Å². The summed E-state index contributed by atoms with van der Waals surface area (Å²) in [6.45, 7) is -0.311. The maximum Gasteiger partial charge on any atom is 0.328 e. The Labute approximate surface area is 76.3 Å². The topological polar surface area (TPSA) is 66.5 Å². The van der Waals surface area contributed by atoms with Crippen LogP contribution in [-0.4, -0.2) is 43.1 Å². The lowest BCUT2D eigenvalue weighted by Crippen LogP contribution is -2.42. The van der Waals surface area contributed by atoms with Gasteiger partial charge in [-0.15, -0.1) is 0 Å². The predicted molar refractivity (Wildman–Crippen MR) is 42.3 cm³/mol. The van der Waals surface area contributed by atoms with Crippen LogP contribution in [0.5, 0.6) is 0 Å². The maximum atomic E-state index is 11.1. The summed E-state index contributed by atoms with van der Waals surface area (Å²) in [5, 5.41) is 10.3. The Bertz CT molecular complexity index is 194. The zero-order valence-corrected chi connectivity index (χ0v) is 7.49. The van der Waals surface area contributed by atoms with Gasteiger partial charge < -0.3 is 9.64 Å². The molecule has 1 aliphatic heterocycles. The predicted octanol–water partition coefficient (Wildman–Crippen LogP) is -0.419. The first-order chi connectivity index (χ1) is 6.20. The van der Waals surface area contributed by atoms with Gasteiger partial charge >= 0.3 is 5.97 Å². The van der Waals surface area contributed by atoms with Crippen LogP contribution in [-0.2, 0) is 19.4 Å². The van der Waals surface area contributed by atoms with Crippen molar-refractivity contribution in [1.82, 2.24) is 4.90 Å². The molecule has 1 amide bonds. The van der Waals surface area contributed by atoms with Gasteiger partial charge in [0.1, 0.15) is 6.04 Å². The Morgan fingerprint density at radius 3 is 2.77 bits per heavy atom. The number of likely N-dealkylation sites (tertiary alicyclic amines) is 1. The molecular weight excluding hydrogens is 174 g/mol. The molecule has 0 spiro atoms. The molecule has 1 rings (SSSR count). The van der Waals surface area contributed by atoms with E-state index in [-0.39, 0.29) is 0 Å². The average molecular weight is 186 g/mol. The summed E-state index contributed by atoms with van der Waals surface area (Å²) >= 11 is 0. The highest BCUT2D eigenvalue weighted by Crippen LogP contribution is 2.18. The summed E-state index contributed by atoms with van der Waals surface area (Å²) in [5.41, 5.74) is 0. The van der Waals surface area contributed by atoms with E-state index < -0.39 is 24.5 Å². The van der Waals surface area contributed by atoms with Crippen LogP contribution in [0.4, 0.5) is 0 Å². The van der Waals surface area contributed by atoms with Gasteiger partial charge in [-0.25, -0.2) is 9.90 Å². The van der Waals surface area contributed by atoms with Crippen LogP contribution in [0.25, 0.3) is 0 Å². The van der Waals surface area contributed by atoms with Crippen LogP contribution in [0.2, 0.25) is 0 Å². The highest BCUT2D eigenvalue weighted by molar-refractivity contribution is 5.85. The summed E-state index contributed by atoms with van der Waals surface area (Å²) in [7, 11) is 1.28. The first kappa shape index (κ1) is 9.98. The van der Waals surface area contributed by atoms with Crippen molar-refractivity contribution in [2.24, 2.45) is 0 Å². The van der Waals surface area contributed by atoms with E-state index in [1.165, 1.54) is 12.0 Å². The number of carbonyl (C=O) groups is 2. The van der Waals surface area contributed by atoms with E-state index in [0.717, 1.165) is 6.42 Å². The van der Waals surface area contributed by atoms with E-state index in [2.05, 4.69) is 4.74 Å². The molecule has 1 heterocycles. The third-order valence-electron chi connectivity index (χ3n) is 2.17. The molecule has 13 heavy (non-hydrogen) atoms. The van der Waals surface area contributed by atoms with Crippen molar-refractivity contribution in [3.63, 3.8) is 0 Å². The van der Waals surface area contributed by atoms with Crippen LogP contribution in [0.1, 0.15) is 12.8 Å². The molecule has 1 fully saturated rings. The molecule has 0 aliphatic carbocycles. The van der Waals surface area contributed by atoms with Gasteiger partial charge in [0.05, 0.1) is 7.11 Å². The molecule has 1 saturated heterocycles. The van der Waals surface area contributed by atoms with Crippen molar-refractivity contribution in [3.05, 3.63) is 0 Å². The lowest BCUT2D eigenvalue weighted by molar-refractivity contribution is -0.152.